The molecule has 98 valence electrons. The summed E-state index contributed by atoms with van der Waals surface area (Å²) in [7, 11) is 0. The van der Waals surface area contributed by atoms with Gasteiger partial charge < -0.3 is 10.5 Å². The number of aryl methyl sites for hydroxylation is 1. The number of amidine groups is 1. The van der Waals surface area contributed by atoms with Gasteiger partial charge in [-0.1, -0.05) is 0 Å². The van der Waals surface area contributed by atoms with Gasteiger partial charge in [0.1, 0.15) is 17.3 Å². The minimum Gasteiger partial charge on any atom is -0.424 e. The van der Waals surface area contributed by atoms with Crippen LogP contribution >= 0.6 is 11.8 Å². The second-order valence-corrected chi connectivity index (χ2v) is 4.75. The minimum atomic E-state index is -0.104. The van der Waals surface area contributed by atoms with Gasteiger partial charge in [0.05, 0.1) is 0 Å². The molecule has 0 unspecified atom stereocenters. The normalized spacial score (nSPS) is 10.2. The number of rotatable bonds is 4. The molecule has 0 spiro atoms. The van der Waals surface area contributed by atoms with Gasteiger partial charge in [0.15, 0.2) is 0 Å². The molecule has 1 aromatic heterocycles. The van der Waals surface area contributed by atoms with Gasteiger partial charge in [0.25, 0.3) is 0 Å². The van der Waals surface area contributed by atoms with Crippen LogP contribution in [0.15, 0.2) is 35.2 Å². The molecule has 1 aromatic carbocycles. The molecule has 0 aliphatic heterocycles. The number of benzene rings is 1. The number of nitrogens with two attached hydrogens (primary N) is 1. The Labute approximate surface area is 115 Å². The van der Waals surface area contributed by atoms with E-state index in [9.17, 15) is 0 Å². The predicted octanol–water partition coefficient (Wildman–Crippen LogP) is 2.58. The summed E-state index contributed by atoms with van der Waals surface area (Å²) in [6.45, 7) is 1.80. The third-order valence-electron chi connectivity index (χ3n) is 2.38. The summed E-state index contributed by atoms with van der Waals surface area (Å²) >= 11 is 1.66. The van der Waals surface area contributed by atoms with E-state index in [1.807, 2.05) is 30.5 Å². The van der Waals surface area contributed by atoms with Gasteiger partial charge in [-0.2, -0.15) is 4.98 Å². The van der Waals surface area contributed by atoms with E-state index in [2.05, 4.69) is 9.97 Å². The van der Waals surface area contributed by atoms with Crippen LogP contribution in [0.3, 0.4) is 0 Å². The lowest BCUT2D eigenvalue weighted by atomic mass is 10.3. The van der Waals surface area contributed by atoms with Crippen LogP contribution in [0.1, 0.15) is 11.4 Å². The summed E-state index contributed by atoms with van der Waals surface area (Å²) in [5.41, 5.74) is 6.49. The van der Waals surface area contributed by atoms with Gasteiger partial charge >= 0.3 is 6.01 Å². The lowest BCUT2D eigenvalue weighted by Gasteiger charge is -2.07. The largest absolute Gasteiger partial charge is 0.424 e. The van der Waals surface area contributed by atoms with E-state index < -0.39 is 0 Å². The molecule has 0 bridgehead atoms. The zero-order valence-electron chi connectivity index (χ0n) is 10.7. The van der Waals surface area contributed by atoms with Crippen LogP contribution in [0.2, 0.25) is 0 Å². The molecular weight excluding hydrogens is 260 g/mol. The van der Waals surface area contributed by atoms with Crippen LogP contribution in [0.25, 0.3) is 0 Å². The highest BCUT2D eigenvalue weighted by Crippen LogP contribution is 2.22. The molecular formula is C13H14N4OS. The van der Waals surface area contributed by atoms with Gasteiger partial charge in [-0.05, 0) is 43.5 Å². The zero-order valence-corrected chi connectivity index (χ0v) is 11.5. The molecule has 0 saturated heterocycles. The van der Waals surface area contributed by atoms with Crippen molar-refractivity contribution in [1.29, 1.82) is 5.41 Å². The highest BCUT2D eigenvalue weighted by Gasteiger charge is 2.06. The molecule has 0 amide bonds. The summed E-state index contributed by atoms with van der Waals surface area (Å²) < 4.78 is 5.57. The van der Waals surface area contributed by atoms with Crippen LogP contribution in [0, 0.1) is 12.3 Å². The van der Waals surface area contributed by atoms with Crippen molar-refractivity contribution in [3.8, 4) is 11.8 Å². The third kappa shape index (κ3) is 3.45. The molecule has 0 saturated carbocycles. The third-order valence-corrected chi connectivity index (χ3v) is 3.12. The van der Waals surface area contributed by atoms with E-state index >= 15 is 0 Å². The monoisotopic (exact) mass is 274 g/mol. The fourth-order valence-corrected chi connectivity index (χ4v) is 1.88. The molecule has 3 N–H and O–H groups in total. The SMILES string of the molecule is CSc1ccc(Oc2nc(C)cc(C(=N)N)n2)cc1. The Balaban J connectivity index is 2.24. The number of nitrogens with one attached hydrogen (secondary N) is 1. The molecule has 0 aliphatic rings. The smallest absolute Gasteiger partial charge is 0.322 e. The molecule has 0 atom stereocenters. The number of nitrogen functional groups attached to an aromatic ring is 1. The van der Waals surface area contributed by atoms with Crippen LogP contribution in [-0.4, -0.2) is 22.1 Å². The van der Waals surface area contributed by atoms with E-state index in [0.717, 1.165) is 4.90 Å². The average Bonchev–Trinajstić information content (AvgIpc) is 2.39. The zero-order chi connectivity index (χ0) is 13.8. The highest BCUT2D eigenvalue weighted by molar-refractivity contribution is 7.98. The molecule has 2 aromatic rings. The molecule has 6 heteroatoms. The lowest BCUT2D eigenvalue weighted by Crippen LogP contribution is -2.14. The second kappa shape index (κ2) is 5.71. The Morgan fingerprint density at radius 2 is 1.95 bits per heavy atom. The van der Waals surface area contributed by atoms with Gasteiger partial charge in [0.2, 0.25) is 0 Å². The maximum atomic E-state index is 7.39. The maximum Gasteiger partial charge on any atom is 0.322 e. The number of ether oxygens (including phenoxy) is 1. The minimum absolute atomic E-state index is 0.104. The Bertz CT molecular complexity index is 598. The number of hydrogen-bond acceptors (Lipinski definition) is 5. The van der Waals surface area contributed by atoms with Crippen molar-refractivity contribution in [2.24, 2.45) is 5.73 Å². The molecule has 2 rings (SSSR count). The van der Waals surface area contributed by atoms with Crippen LogP contribution in [-0.2, 0) is 0 Å². The average molecular weight is 274 g/mol. The van der Waals surface area contributed by atoms with E-state index in [4.69, 9.17) is 15.9 Å². The standard InChI is InChI=1S/C13H14N4OS/c1-8-7-11(12(14)15)17-13(16-8)18-9-3-5-10(19-2)6-4-9/h3-7H,1-2H3,(H3,14,15). The van der Waals surface area contributed by atoms with Gasteiger partial charge in [-0.3, -0.25) is 5.41 Å². The molecule has 0 fully saturated rings. The molecule has 1 heterocycles. The molecule has 0 radical (unpaired) electrons. The van der Waals surface area contributed by atoms with Crippen molar-refractivity contribution in [2.45, 2.75) is 11.8 Å². The first-order valence-electron chi connectivity index (χ1n) is 5.60. The number of hydrogen-bond donors (Lipinski definition) is 2. The summed E-state index contributed by atoms with van der Waals surface area (Å²) in [4.78, 5) is 9.40. The van der Waals surface area contributed by atoms with E-state index in [1.54, 1.807) is 24.8 Å². The Morgan fingerprint density at radius 3 is 2.53 bits per heavy atom. The summed E-state index contributed by atoms with van der Waals surface area (Å²) in [5.74, 6) is 0.547. The van der Waals surface area contributed by atoms with Crippen molar-refractivity contribution < 1.29 is 4.74 Å². The van der Waals surface area contributed by atoms with Crippen LogP contribution in [0.4, 0.5) is 0 Å². The quantitative estimate of drug-likeness (QED) is 0.508. The van der Waals surface area contributed by atoms with Gasteiger partial charge in [0, 0.05) is 10.6 Å². The van der Waals surface area contributed by atoms with Crippen molar-refractivity contribution >= 4 is 17.6 Å². The van der Waals surface area contributed by atoms with Crippen molar-refractivity contribution in [2.75, 3.05) is 6.26 Å². The molecule has 5 nitrogen and oxygen atoms in total. The van der Waals surface area contributed by atoms with Crippen molar-refractivity contribution in [1.82, 2.24) is 9.97 Å². The molecule has 0 aliphatic carbocycles. The highest BCUT2D eigenvalue weighted by atomic mass is 32.2. The van der Waals surface area contributed by atoms with Crippen LogP contribution < -0.4 is 10.5 Å². The fraction of sp³-hybridized carbons (Fsp3) is 0.154. The van der Waals surface area contributed by atoms with E-state index in [1.165, 1.54) is 0 Å². The Hall–Kier alpha value is -2.08. The summed E-state index contributed by atoms with van der Waals surface area (Å²) in [6.07, 6.45) is 2.01. The maximum absolute atomic E-state index is 7.39. The lowest BCUT2D eigenvalue weighted by molar-refractivity contribution is 0.439. The summed E-state index contributed by atoms with van der Waals surface area (Å²) in [5, 5.41) is 7.39. The predicted molar refractivity (Wildman–Crippen MR) is 76.1 cm³/mol. The topological polar surface area (TPSA) is 84.9 Å². The Kier molecular flexibility index (Phi) is 4.01. The van der Waals surface area contributed by atoms with Crippen molar-refractivity contribution in [3.05, 3.63) is 41.7 Å². The number of aromatic nitrogens is 2. The van der Waals surface area contributed by atoms with Gasteiger partial charge in [-0.25, -0.2) is 4.98 Å². The van der Waals surface area contributed by atoms with Crippen molar-refractivity contribution in [3.63, 3.8) is 0 Å². The van der Waals surface area contributed by atoms with E-state index in [-0.39, 0.29) is 11.8 Å². The van der Waals surface area contributed by atoms with E-state index in [0.29, 0.717) is 17.1 Å². The first-order valence-corrected chi connectivity index (χ1v) is 6.83. The first-order chi connectivity index (χ1) is 9.08. The second-order valence-electron chi connectivity index (χ2n) is 3.87. The van der Waals surface area contributed by atoms with Crippen LogP contribution in [0.5, 0.6) is 11.8 Å². The first kappa shape index (κ1) is 13.4. The number of nitrogens with zero attached hydrogens (tertiary/aromatic N) is 2. The summed E-state index contributed by atoms with van der Waals surface area (Å²) in [6, 6.07) is 9.47. The Morgan fingerprint density at radius 1 is 1.26 bits per heavy atom. The molecule has 19 heavy (non-hydrogen) atoms. The van der Waals surface area contributed by atoms with Gasteiger partial charge in [-0.15, -0.1) is 11.8 Å². The fourth-order valence-electron chi connectivity index (χ4n) is 1.47. The number of thioether (sulfide) groups is 1.